The molecule has 3 aromatic carbocycles. The van der Waals surface area contributed by atoms with Crippen LogP contribution in [0.2, 0.25) is 0 Å². The first-order chi connectivity index (χ1) is 28.7. The topological polar surface area (TPSA) is 174 Å². The predicted octanol–water partition coefficient (Wildman–Crippen LogP) is 9.09. The van der Waals surface area contributed by atoms with Gasteiger partial charge < -0.3 is 33.2 Å². The van der Waals surface area contributed by atoms with Gasteiger partial charge in [-0.1, -0.05) is 64.5 Å². The van der Waals surface area contributed by atoms with E-state index in [1.807, 2.05) is 6.07 Å². The zero-order chi connectivity index (χ0) is 42.5. The number of hydrogen-bond donors (Lipinski definition) is 0. The first kappa shape index (κ1) is 47.0. The van der Waals surface area contributed by atoms with Crippen molar-refractivity contribution in [2.75, 3.05) is 33.0 Å². The maximum absolute atomic E-state index is 13.1. The van der Waals surface area contributed by atoms with E-state index in [1.165, 1.54) is 18.2 Å². The first-order valence-electron chi connectivity index (χ1n) is 19.9. The van der Waals surface area contributed by atoms with Crippen LogP contribution in [0.3, 0.4) is 0 Å². The third kappa shape index (κ3) is 19.1. The molecule has 0 saturated carbocycles. The highest BCUT2D eigenvalue weighted by Crippen LogP contribution is 2.28. The van der Waals surface area contributed by atoms with Crippen LogP contribution in [0, 0.1) is 11.3 Å². The quantitative estimate of drug-likeness (QED) is 0.0214. The Morgan fingerprint density at radius 1 is 0.492 bits per heavy atom. The average Bonchev–Trinajstić information content (AvgIpc) is 3.25. The summed E-state index contributed by atoms with van der Waals surface area (Å²) in [6.07, 6.45) is 13.7. The van der Waals surface area contributed by atoms with Gasteiger partial charge in [0.1, 0.15) is 35.2 Å². The molecule has 0 aliphatic rings. The van der Waals surface area contributed by atoms with Gasteiger partial charge in [-0.15, -0.1) is 0 Å². The summed E-state index contributed by atoms with van der Waals surface area (Å²) in [6.45, 7) is 8.39. The molecular weight excluding hydrogens is 759 g/mol. The molecule has 0 N–H and O–H groups in total. The minimum Gasteiger partial charge on any atom is -0.494 e. The van der Waals surface area contributed by atoms with E-state index in [-0.39, 0.29) is 41.2 Å². The van der Waals surface area contributed by atoms with Crippen LogP contribution in [0.25, 0.3) is 0 Å². The number of ether oxygens (including phenoxy) is 7. The standard InChI is InChI=1S/C46H53NO12/c1-3-42(48)55-31-15-11-7-5-9-13-29-53-37-22-18-35(19-23-37)44(50)58-39-26-27-41(40(34-39)46(52)57-33-17-28-47)59-45(51)36-20-24-38(25-21-36)54-30-14-10-6-8-12-16-32-56-43(49)4-2/h3-4,18-27,34H,1-2,5-17,29-33H2. The van der Waals surface area contributed by atoms with Gasteiger partial charge in [-0.3, -0.25) is 0 Å². The van der Waals surface area contributed by atoms with Crippen LogP contribution in [0.15, 0.2) is 92.0 Å². The van der Waals surface area contributed by atoms with Crippen LogP contribution in [-0.2, 0) is 23.8 Å². The molecule has 3 aromatic rings. The largest absolute Gasteiger partial charge is 0.494 e. The minimum absolute atomic E-state index is 0.00758. The maximum atomic E-state index is 13.1. The maximum Gasteiger partial charge on any atom is 0.343 e. The molecule has 0 aliphatic heterocycles. The number of nitrogens with zero attached hydrogens (tertiary/aromatic N) is 1. The van der Waals surface area contributed by atoms with Gasteiger partial charge >= 0.3 is 29.8 Å². The molecule has 0 spiro atoms. The van der Waals surface area contributed by atoms with Crippen molar-refractivity contribution in [3.05, 3.63) is 109 Å². The van der Waals surface area contributed by atoms with E-state index in [2.05, 4.69) is 13.2 Å². The van der Waals surface area contributed by atoms with E-state index >= 15 is 0 Å². The van der Waals surface area contributed by atoms with Crippen molar-refractivity contribution in [1.29, 1.82) is 5.26 Å². The Hall–Kier alpha value is -6.42. The van der Waals surface area contributed by atoms with Crippen molar-refractivity contribution in [1.82, 2.24) is 0 Å². The normalized spacial score (nSPS) is 10.4. The van der Waals surface area contributed by atoms with Crippen molar-refractivity contribution >= 4 is 29.8 Å². The van der Waals surface area contributed by atoms with Crippen LogP contribution in [0.1, 0.15) is 115 Å². The smallest absolute Gasteiger partial charge is 0.343 e. The molecule has 0 atom stereocenters. The summed E-state index contributed by atoms with van der Waals surface area (Å²) in [4.78, 5) is 61.2. The van der Waals surface area contributed by atoms with E-state index < -0.39 is 29.8 Å². The lowest BCUT2D eigenvalue weighted by Gasteiger charge is -2.12. The number of benzene rings is 3. The SMILES string of the molecule is C=CC(=O)OCCCCCCCCOc1ccc(C(=O)Oc2ccc(OC(=O)c3ccc(OCCCCCCCCOC(=O)C=C)cc3)c(C(=O)OCCC#N)c2)cc1. The van der Waals surface area contributed by atoms with Gasteiger partial charge in [-0.2, -0.15) is 5.26 Å². The fourth-order valence-corrected chi connectivity index (χ4v) is 5.45. The molecule has 0 bridgehead atoms. The summed E-state index contributed by atoms with van der Waals surface area (Å²) in [5.41, 5.74) is 0.283. The average molecular weight is 812 g/mol. The molecule has 13 nitrogen and oxygen atoms in total. The van der Waals surface area contributed by atoms with Gasteiger partial charge in [0.05, 0.1) is 50.0 Å². The first-order valence-corrected chi connectivity index (χ1v) is 19.9. The van der Waals surface area contributed by atoms with Crippen molar-refractivity contribution in [2.45, 2.75) is 83.5 Å². The minimum atomic E-state index is -0.869. The lowest BCUT2D eigenvalue weighted by molar-refractivity contribution is -0.138. The second-order valence-electron chi connectivity index (χ2n) is 13.2. The van der Waals surface area contributed by atoms with Crippen LogP contribution in [0.5, 0.6) is 23.0 Å². The van der Waals surface area contributed by atoms with Gasteiger partial charge in [0, 0.05) is 12.2 Å². The number of nitriles is 1. The van der Waals surface area contributed by atoms with Crippen molar-refractivity contribution in [3.8, 4) is 29.1 Å². The Morgan fingerprint density at radius 2 is 0.915 bits per heavy atom. The zero-order valence-electron chi connectivity index (χ0n) is 33.5. The van der Waals surface area contributed by atoms with E-state index in [1.54, 1.807) is 48.5 Å². The van der Waals surface area contributed by atoms with Crippen LogP contribution >= 0.6 is 0 Å². The number of carbonyl (C=O) groups excluding carboxylic acids is 5. The highest BCUT2D eigenvalue weighted by Gasteiger charge is 2.21. The molecule has 314 valence electrons. The molecule has 0 amide bonds. The van der Waals surface area contributed by atoms with Gasteiger partial charge in [-0.05, 0) is 92.4 Å². The van der Waals surface area contributed by atoms with Crippen molar-refractivity contribution in [3.63, 3.8) is 0 Å². The lowest BCUT2D eigenvalue weighted by atomic mass is 10.1. The summed E-state index contributed by atoms with van der Waals surface area (Å²) >= 11 is 0. The molecule has 0 heterocycles. The third-order valence-electron chi connectivity index (χ3n) is 8.65. The van der Waals surface area contributed by atoms with Crippen LogP contribution in [0.4, 0.5) is 0 Å². The van der Waals surface area contributed by atoms with Crippen molar-refractivity contribution in [2.24, 2.45) is 0 Å². The molecule has 13 heteroatoms. The van der Waals surface area contributed by atoms with Crippen molar-refractivity contribution < 1.29 is 57.1 Å². The Balaban J connectivity index is 1.46. The molecule has 0 aliphatic carbocycles. The monoisotopic (exact) mass is 811 g/mol. The Bertz CT molecular complexity index is 1850. The van der Waals surface area contributed by atoms with Crippen LogP contribution in [-0.4, -0.2) is 62.9 Å². The number of unbranched alkanes of at least 4 members (excludes halogenated alkanes) is 10. The molecule has 59 heavy (non-hydrogen) atoms. The highest BCUT2D eigenvalue weighted by atomic mass is 16.6. The van der Waals surface area contributed by atoms with Gasteiger partial charge in [0.25, 0.3) is 0 Å². The second kappa shape index (κ2) is 28.1. The lowest BCUT2D eigenvalue weighted by Crippen LogP contribution is -2.14. The summed E-state index contributed by atoms with van der Waals surface area (Å²) in [5.74, 6) is -2.03. The molecule has 0 fully saturated rings. The number of hydrogen-bond acceptors (Lipinski definition) is 13. The summed E-state index contributed by atoms with van der Waals surface area (Å²) in [7, 11) is 0. The molecule has 0 aromatic heterocycles. The molecule has 0 unspecified atom stereocenters. The molecular formula is C46H53NO12. The van der Waals surface area contributed by atoms with E-state index in [0.29, 0.717) is 37.9 Å². The van der Waals surface area contributed by atoms with Gasteiger partial charge in [0.2, 0.25) is 0 Å². The zero-order valence-corrected chi connectivity index (χ0v) is 33.5. The summed E-state index contributed by atoms with van der Waals surface area (Å²) in [6, 6.07) is 18.7. The number of carbonyl (C=O) groups is 5. The summed E-state index contributed by atoms with van der Waals surface area (Å²) < 4.78 is 37.8. The van der Waals surface area contributed by atoms with E-state index in [9.17, 15) is 24.0 Å². The highest BCUT2D eigenvalue weighted by molar-refractivity contribution is 5.97. The third-order valence-corrected chi connectivity index (χ3v) is 8.65. The Morgan fingerprint density at radius 3 is 1.37 bits per heavy atom. The fraction of sp³-hybridized carbons (Fsp3) is 0.391. The molecule has 0 radical (unpaired) electrons. The predicted molar refractivity (Wildman–Crippen MR) is 218 cm³/mol. The number of esters is 5. The molecule has 0 saturated heterocycles. The Labute approximate surface area is 345 Å². The Kier molecular flexibility index (Phi) is 22.3. The fourth-order valence-electron chi connectivity index (χ4n) is 5.45. The van der Waals surface area contributed by atoms with E-state index in [0.717, 1.165) is 89.2 Å². The van der Waals surface area contributed by atoms with Gasteiger partial charge in [-0.25, -0.2) is 24.0 Å². The molecule has 3 rings (SSSR count). The number of rotatable bonds is 29. The van der Waals surface area contributed by atoms with Gasteiger partial charge in [0.15, 0.2) is 0 Å². The van der Waals surface area contributed by atoms with Crippen LogP contribution < -0.4 is 18.9 Å². The van der Waals surface area contributed by atoms with E-state index in [4.69, 9.17) is 38.4 Å². The second-order valence-corrected chi connectivity index (χ2v) is 13.2. The summed E-state index contributed by atoms with van der Waals surface area (Å²) in [5, 5.41) is 8.88.